The van der Waals surface area contributed by atoms with E-state index in [9.17, 15) is 9.59 Å². The van der Waals surface area contributed by atoms with E-state index >= 15 is 0 Å². The van der Waals surface area contributed by atoms with Crippen molar-refractivity contribution in [3.05, 3.63) is 48.3 Å². The summed E-state index contributed by atoms with van der Waals surface area (Å²) in [5, 5.41) is 6.69. The SMILES string of the molecule is CN(C)C(=O)CNC(=O)c1cnn(-c2ccccc2)c1. The number of carbonyl (C=O) groups is 2. The number of likely N-dealkylation sites (N-methyl/N-ethyl adjacent to an activating group) is 1. The number of hydrogen-bond acceptors (Lipinski definition) is 3. The Hall–Kier alpha value is -2.63. The predicted molar refractivity (Wildman–Crippen MR) is 74.6 cm³/mol. The lowest BCUT2D eigenvalue weighted by molar-refractivity contribution is -0.127. The van der Waals surface area contributed by atoms with Gasteiger partial charge in [0.25, 0.3) is 5.91 Å². The first kappa shape index (κ1) is 13.8. The molecule has 1 aromatic carbocycles. The summed E-state index contributed by atoms with van der Waals surface area (Å²) in [5.41, 5.74) is 1.29. The van der Waals surface area contributed by atoms with E-state index in [1.165, 1.54) is 11.1 Å². The van der Waals surface area contributed by atoms with Crippen LogP contribution in [0.3, 0.4) is 0 Å². The summed E-state index contributed by atoms with van der Waals surface area (Å²) in [7, 11) is 3.28. The van der Waals surface area contributed by atoms with Gasteiger partial charge in [-0.05, 0) is 12.1 Å². The van der Waals surface area contributed by atoms with E-state index in [0.717, 1.165) is 5.69 Å². The minimum Gasteiger partial charge on any atom is -0.347 e. The van der Waals surface area contributed by atoms with Gasteiger partial charge in [-0.15, -0.1) is 0 Å². The third-order valence-electron chi connectivity index (χ3n) is 2.76. The highest BCUT2D eigenvalue weighted by Gasteiger charge is 2.11. The van der Waals surface area contributed by atoms with Crippen molar-refractivity contribution < 1.29 is 9.59 Å². The molecule has 0 aliphatic heterocycles. The van der Waals surface area contributed by atoms with E-state index in [-0.39, 0.29) is 18.4 Å². The van der Waals surface area contributed by atoms with E-state index in [0.29, 0.717) is 5.56 Å². The first-order valence-electron chi connectivity index (χ1n) is 6.16. The molecule has 6 nitrogen and oxygen atoms in total. The Morgan fingerprint density at radius 3 is 2.60 bits per heavy atom. The van der Waals surface area contributed by atoms with Gasteiger partial charge >= 0.3 is 0 Å². The van der Waals surface area contributed by atoms with Gasteiger partial charge < -0.3 is 10.2 Å². The molecule has 2 aromatic rings. The van der Waals surface area contributed by atoms with Gasteiger partial charge in [-0.3, -0.25) is 9.59 Å². The fourth-order valence-electron chi connectivity index (χ4n) is 1.58. The minimum absolute atomic E-state index is 0.0254. The van der Waals surface area contributed by atoms with Crippen LogP contribution in [0.1, 0.15) is 10.4 Å². The maximum atomic E-state index is 11.9. The highest BCUT2D eigenvalue weighted by Crippen LogP contribution is 2.07. The molecule has 0 radical (unpaired) electrons. The van der Waals surface area contributed by atoms with Crippen molar-refractivity contribution in [1.29, 1.82) is 0 Å². The van der Waals surface area contributed by atoms with Gasteiger partial charge in [-0.25, -0.2) is 4.68 Å². The van der Waals surface area contributed by atoms with Gasteiger partial charge in [0.05, 0.1) is 24.0 Å². The summed E-state index contributed by atoms with van der Waals surface area (Å²) in [6, 6.07) is 9.49. The van der Waals surface area contributed by atoms with Crippen LogP contribution in [-0.2, 0) is 4.79 Å². The Balaban J connectivity index is 2.02. The Kier molecular flexibility index (Phi) is 4.14. The van der Waals surface area contributed by atoms with Crippen LogP contribution in [0.2, 0.25) is 0 Å². The van der Waals surface area contributed by atoms with Crippen molar-refractivity contribution in [3.63, 3.8) is 0 Å². The standard InChI is InChI=1S/C14H16N4O2/c1-17(2)13(19)9-15-14(20)11-8-16-18(10-11)12-6-4-3-5-7-12/h3-8,10H,9H2,1-2H3,(H,15,20). The molecule has 0 aliphatic carbocycles. The number of benzene rings is 1. The van der Waals surface area contributed by atoms with Crippen molar-refractivity contribution in [2.45, 2.75) is 0 Å². The second kappa shape index (κ2) is 6.01. The molecule has 0 atom stereocenters. The van der Waals surface area contributed by atoms with Crippen molar-refractivity contribution in [2.75, 3.05) is 20.6 Å². The summed E-state index contributed by atoms with van der Waals surface area (Å²) >= 11 is 0. The van der Waals surface area contributed by atoms with Crippen LogP contribution in [0.25, 0.3) is 5.69 Å². The molecule has 0 aliphatic rings. The Labute approximate surface area is 117 Å². The van der Waals surface area contributed by atoms with Crippen LogP contribution in [0, 0.1) is 0 Å². The molecule has 0 saturated carbocycles. The zero-order valence-electron chi connectivity index (χ0n) is 11.4. The molecule has 20 heavy (non-hydrogen) atoms. The van der Waals surface area contributed by atoms with Crippen molar-refractivity contribution in [2.24, 2.45) is 0 Å². The molecule has 0 unspecified atom stereocenters. The van der Waals surface area contributed by atoms with Crippen LogP contribution in [0.5, 0.6) is 0 Å². The van der Waals surface area contributed by atoms with Crippen LogP contribution >= 0.6 is 0 Å². The molecule has 1 heterocycles. The lowest BCUT2D eigenvalue weighted by atomic mass is 10.3. The number of nitrogens with zero attached hydrogens (tertiary/aromatic N) is 3. The van der Waals surface area contributed by atoms with Gasteiger partial charge in [0, 0.05) is 20.3 Å². The fraction of sp³-hybridized carbons (Fsp3) is 0.214. The largest absolute Gasteiger partial charge is 0.347 e. The summed E-state index contributed by atoms with van der Waals surface area (Å²) in [6.07, 6.45) is 3.10. The normalized spacial score (nSPS) is 10.1. The third kappa shape index (κ3) is 3.23. The van der Waals surface area contributed by atoms with Crippen LogP contribution in [0.15, 0.2) is 42.7 Å². The summed E-state index contributed by atoms with van der Waals surface area (Å²) in [6.45, 7) is -0.0254. The first-order valence-corrected chi connectivity index (χ1v) is 6.16. The molecule has 1 N–H and O–H groups in total. The van der Waals surface area contributed by atoms with Gasteiger partial charge in [-0.1, -0.05) is 18.2 Å². The Bertz CT molecular complexity index is 605. The van der Waals surface area contributed by atoms with Gasteiger partial charge in [-0.2, -0.15) is 5.10 Å². The second-order valence-electron chi connectivity index (χ2n) is 4.48. The molecule has 2 rings (SSSR count). The van der Waals surface area contributed by atoms with Crippen LogP contribution < -0.4 is 5.32 Å². The molecule has 0 fully saturated rings. The van der Waals surface area contributed by atoms with Gasteiger partial charge in [0.2, 0.25) is 5.91 Å². The maximum absolute atomic E-state index is 11.9. The van der Waals surface area contributed by atoms with E-state index in [2.05, 4.69) is 10.4 Å². The zero-order chi connectivity index (χ0) is 14.5. The monoisotopic (exact) mass is 272 g/mol. The Morgan fingerprint density at radius 2 is 1.95 bits per heavy atom. The van der Waals surface area contributed by atoms with E-state index in [1.54, 1.807) is 25.0 Å². The van der Waals surface area contributed by atoms with Crippen molar-refractivity contribution in [1.82, 2.24) is 20.0 Å². The average molecular weight is 272 g/mol. The third-order valence-corrected chi connectivity index (χ3v) is 2.76. The molecule has 6 heteroatoms. The van der Waals surface area contributed by atoms with Gasteiger partial charge in [0.1, 0.15) is 0 Å². The number of amides is 2. The maximum Gasteiger partial charge on any atom is 0.254 e. The predicted octanol–water partition coefficient (Wildman–Crippen LogP) is 0.690. The zero-order valence-corrected chi connectivity index (χ0v) is 11.4. The molecule has 0 saturated heterocycles. The lowest BCUT2D eigenvalue weighted by Crippen LogP contribution is -2.36. The molecule has 1 aromatic heterocycles. The fourth-order valence-corrected chi connectivity index (χ4v) is 1.58. The average Bonchev–Trinajstić information content (AvgIpc) is 2.95. The number of nitrogens with one attached hydrogen (secondary N) is 1. The van der Waals surface area contributed by atoms with E-state index < -0.39 is 0 Å². The summed E-state index contributed by atoms with van der Waals surface area (Å²) < 4.78 is 1.61. The van der Waals surface area contributed by atoms with Crippen molar-refractivity contribution >= 4 is 11.8 Å². The highest BCUT2D eigenvalue weighted by atomic mass is 16.2. The second-order valence-corrected chi connectivity index (χ2v) is 4.48. The molecule has 0 bridgehead atoms. The molecule has 104 valence electrons. The first-order chi connectivity index (χ1) is 9.58. The number of rotatable bonds is 4. The number of aromatic nitrogens is 2. The smallest absolute Gasteiger partial charge is 0.254 e. The molecule has 2 amide bonds. The lowest BCUT2D eigenvalue weighted by Gasteiger charge is -2.10. The molecular weight excluding hydrogens is 256 g/mol. The minimum atomic E-state index is -0.317. The van der Waals surface area contributed by atoms with Crippen LogP contribution in [0.4, 0.5) is 0 Å². The number of para-hydroxylation sites is 1. The van der Waals surface area contributed by atoms with E-state index in [1.807, 2.05) is 30.3 Å². The quantitative estimate of drug-likeness (QED) is 0.890. The number of hydrogen-bond donors (Lipinski definition) is 1. The topological polar surface area (TPSA) is 67.2 Å². The molecule has 0 spiro atoms. The highest BCUT2D eigenvalue weighted by molar-refractivity contribution is 5.96. The van der Waals surface area contributed by atoms with Gasteiger partial charge in [0.15, 0.2) is 0 Å². The molecular formula is C14H16N4O2. The summed E-state index contributed by atoms with van der Waals surface area (Å²) in [5.74, 6) is -0.476. The van der Waals surface area contributed by atoms with E-state index in [4.69, 9.17) is 0 Å². The summed E-state index contributed by atoms with van der Waals surface area (Å²) in [4.78, 5) is 24.7. The Morgan fingerprint density at radius 1 is 1.25 bits per heavy atom. The number of carbonyl (C=O) groups excluding carboxylic acids is 2. The van der Waals surface area contributed by atoms with Crippen LogP contribution in [-0.4, -0.2) is 47.1 Å². The van der Waals surface area contributed by atoms with Crippen molar-refractivity contribution in [3.8, 4) is 5.69 Å².